The van der Waals surface area contributed by atoms with Gasteiger partial charge in [-0.2, -0.15) is 20.1 Å². The van der Waals surface area contributed by atoms with Gasteiger partial charge in [-0.15, -0.1) is 0 Å². The first kappa shape index (κ1) is 14.2. The Kier molecular flexibility index (Phi) is 4.83. The summed E-state index contributed by atoms with van der Waals surface area (Å²) in [5.74, 6) is 1.09. The van der Waals surface area contributed by atoms with Gasteiger partial charge in [0, 0.05) is 32.6 Å². The van der Waals surface area contributed by atoms with E-state index >= 15 is 0 Å². The van der Waals surface area contributed by atoms with Crippen molar-refractivity contribution in [1.82, 2.24) is 24.7 Å². The average Bonchev–Trinajstić information content (AvgIpc) is 2.97. The number of nitrogen functional groups attached to an aromatic ring is 1. The number of aromatic nitrogens is 5. The highest BCUT2D eigenvalue weighted by Crippen LogP contribution is 2.11. The molecule has 0 radical (unpaired) electrons. The van der Waals surface area contributed by atoms with Crippen LogP contribution in [0.1, 0.15) is 19.3 Å². The molecule has 0 aliphatic heterocycles. The van der Waals surface area contributed by atoms with Crippen molar-refractivity contribution in [3.63, 3.8) is 0 Å². The third kappa shape index (κ3) is 3.64. The highest BCUT2D eigenvalue weighted by atomic mass is 16.2. The van der Waals surface area contributed by atoms with Crippen molar-refractivity contribution in [2.24, 2.45) is 0 Å². The average molecular weight is 277 g/mol. The van der Waals surface area contributed by atoms with Crippen LogP contribution in [0.4, 0.5) is 11.9 Å². The molecule has 0 bridgehead atoms. The van der Waals surface area contributed by atoms with Crippen molar-refractivity contribution in [2.45, 2.75) is 19.3 Å². The number of nitrogens with two attached hydrogens (primary N) is 1. The number of anilines is 2. The minimum absolute atomic E-state index is 0.169. The maximum absolute atomic E-state index is 8.75. The summed E-state index contributed by atoms with van der Waals surface area (Å²) in [6.45, 7) is 1.02. The first-order valence-electron chi connectivity index (χ1n) is 6.54. The molecule has 0 saturated heterocycles. The smallest absolute Gasteiger partial charge is 0.257 e. The fraction of sp³-hybridized carbons (Fsp3) is 0.500. The lowest BCUT2D eigenvalue weighted by Crippen LogP contribution is -2.23. The molecule has 2 aromatic heterocycles. The molecule has 8 heteroatoms. The van der Waals surface area contributed by atoms with Gasteiger partial charge in [0.2, 0.25) is 11.9 Å². The fourth-order valence-electron chi connectivity index (χ4n) is 1.77. The Balaban J connectivity index is 2.07. The van der Waals surface area contributed by atoms with E-state index in [-0.39, 0.29) is 12.6 Å². The second-order valence-corrected chi connectivity index (χ2v) is 4.45. The third-order valence-electron chi connectivity index (χ3n) is 2.83. The molecular formula is C12H19N7O. The Morgan fingerprint density at radius 2 is 2.10 bits per heavy atom. The molecule has 108 valence electrons. The summed E-state index contributed by atoms with van der Waals surface area (Å²) in [5, 5.41) is 12.8. The van der Waals surface area contributed by atoms with Crippen LogP contribution in [0.3, 0.4) is 0 Å². The summed E-state index contributed by atoms with van der Waals surface area (Å²) < 4.78 is 1.54. The number of unbranched alkanes of at least 4 members (excludes halogenated alkanes) is 2. The second-order valence-electron chi connectivity index (χ2n) is 4.45. The Hall–Kier alpha value is -2.22. The Morgan fingerprint density at radius 3 is 2.80 bits per heavy atom. The molecule has 0 fully saturated rings. The van der Waals surface area contributed by atoms with E-state index in [1.165, 1.54) is 0 Å². The van der Waals surface area contributed by atoms with Crippen LogP contribution in [0.2, 0.25) is 0 Å². The number of aliphatic hydroxyl groups excluding tert-OH is 1. The molecule has 3 N–H and O–H groups in total. The predicted molar refractivity (Wildman–Crippen MR) is 75.6 cm³/mol. The molecule has 0 aliphatic carbocycles. The van der Waals surface area contributed by atoms with Crippen LogP contribution in [0.15, 0.2) is 18.5 Å². The molecule has 0 spiro atoms. The van der Waals surface area contributed by atoms with Crippen LogP contribution in [-0.4, -0.2) is 50.0 Å². The molecule has 8 nitrogen and oxygen atoms in total. The largest absolute Gasteiger partial charge is 0.396 e. The van der Waals surface area contributed by atoms with Crippen LogP contribution in [0.5, 0.6) is 0 Å². The van der Waals surface area contributed by atoms with Crippen LogP contribution in [0.25, 0.3) is 5.95 Å². The van der Waals surface area contributed by atoms with Crippen LogP contribution in [0, 0.1) is 0 Å². The van der Waals surface area contributed by atoms with Gasteiger partial charge in [-0.05, 0) is 25.3 Å². The lowest BCUT2D eigenvalue weighted by atomic mass is 10.2. The SMILES string of the molecule is CN(CCCCCO)c1nc(N)nc(-n2cccn2)n1. The minimum atomic E-state index is 0.169. The number of aliphatic hydroxyl groups is 1. The standard InChI is InChI=1S/C12H19N7O/c1-18(7-3-2-4-9-20)11-15-10(13)16-12(17-11)19-8-5-6-14-19/h5-6,8,20H,2-4,7,9H2,1H3,(H2,13,15,16,17). The van der Waals surface area contributed by atoms with Gasteiger partial charge < -0.3 is 15.7 Å². The Labute approximate surface area is 117 Å². The zero-order chi connectivity index (χ0) is 14.4. The van der Waals surface area contributed by atoms with Crippen LogP contribution >= 0.6 is 0 Å². The lowest BCUT2D eigenvalue weighted by molar-refractivity contribution is 0.283. The molecule has 2 rings (SSSR count). The van der Waals surface area contributed by atoms with Gasteiger partial charge in [0.25, 0.3) is 5.95 Å². The zero-order valence-electron chi connectivity index (χ0n) is 11.5. The van der Waals surface area contributed by atoms with Gasteiger partial charge >= 0.3 is 0 Å². The maximum atomic E-state index is 8.75. The van der Waals surface area contributed by atoms with E-state index in [0.717, 1.165) is 25.8 Å². The molecule has 20 heavy (non-hydrogen) atoms. The van der Waals surface area contributed by atoms with Crippen molar-refractivity contribution in [2.75, 3.05) is 30.8 Å². The van der Waals surface area contributed by atoms with Crippen LogP contribution < -0.4 is 10.6 Å². The molecule has 0 saturated carbocycles. The normalized spacial score (nSPS) is 10.7. The van der Waals surface area contributed by atoms with E-state index in [1.54, 1.807) is 23.1 Å². The number of rotatable bonds is 7. The molecule has 0 unspecified atom stereocenters. The summed E-state index contributed by atoms with van der Waals surface area (Å²) >= 11 is 0. The molecule has 0 aliphatic rings. The summed E-state index contributed by atoms with van der Waals surface area (Å²) in [7, 11) is 1.90. The van der Waals surface area contributed by atoms with Gasteiger partial charge in [-0.3, -0.25) is 0 Å². The van der Waals surface area contributed by atoms with E-state index < -0.39 is 0 Å². The minimum Gasteiger partial charge on any atom is -0.396 e. The monoisotopic (exact) mass is 277 g/mol. The first-order valence-corrected chi connectivity index (χ1v) is 6.54. The fourth-order valence-corrected chi connectivity index (χ4v) is 1.77. The molecule has 2 aromatic rings. The van der Waals surface area contributed by atoms with E-state index in [1.807, 2.05) is 11.9 Å². The van der Waals surface area contributed by atoms with Gasteiger partial charge in [-0.25, -0.2) is 4.68 Å². The van der Waals surface area contributed by atoms with E-state index in [2.05, 4.69) is 20.1 Å². The van der Waals surface area contributed by atoms with Crippen molar-refractivity contribution < 1.29 is 5.11 Å². The number of nitrogens with zero attached hydrogens (tertiary/aromatic N) is 6. The first-order chi connectivity index (χ1) is 9.70. The van der Waals surface area contributed by atoms with Crippen molar-refractivity contribution in [3.05, 3.63) is 18.5 Å². The molecule has 2 heterocycles. The molecule has 0 atom stereocenters. The quantitative estimate of drug-likeness (QED) is 0.698. The van der Waals surface area contributed by atoms with Gasteiger partial charge in [0.15, 0.2) is 0 Å². The predicted octanol–water partition coefficient (Wildman–Crippen LogP) is 0.238. The van der Waals surface area contributed by atoms with Gasteiger partial charge in [0.05, 0.1) is 0 Å². The molecule has 0 amide bonds. The summed E-state index contributed by atoms with van der Waals surface area (Å²) in [5.41, 5.74) is 5.72. The molecule has 0 aromatic carbocycles. The Morgan fingerprint density at radius 1 is 1.25 bits per heavy atom. The maximum Gasteiger partial charge on any atom is 0.257 e. The lowest BCUT2D eigenvalue weighted by Gasteiger charge is -2.17. The highest BCUT2D eigenvalue weighted by Gasteiger charge is 2.10. The van der Waals surface area contributed by atoms with E-state index in [9.17, 15) is 0 Å². The Bertz CT molecular complexity index is 529. The summed E-state index contributed by atoms with van der Waals surface area (Å²) in [4.78, 5) is 14.5. The molecular weight excluding hydrogens is 258 g/mol. The number of hydrogen-bond acceptors (Lipinski definition) is 7. The summed E-state index contributed by atoms with van der Waals surface area (Å²) in [6.07, 6.45) is 6.14. The second kappa shape index (κ2) is 6.80. The summed E-state index contributed by atoms with van der Waals surface area (Å²) in [6, 6.07) is 1.79. The topological polar surface area (TPSA) is 106 Å². The number of hydrogen-bond donors (Lipinski definition) is 2. The van der Waals surface area contributed by atoms with E-state index in [0.29, 0.717) is 11.9 Å². The van der Waals surface area contributed by atoms with Crippen molar-refractivity contribution in [3.8, 4) is 5.95 Å². The zero-order valence-corrected chi connectivity index (χ0v) is 11.5. The van der Waals surface area contributed by atoms with E-state index in [4.69, 9.17) is 10.8 Å². The van der Waals surface area contributed by atoms with Gasteiger partial charge in [-0.1, -0.05) is 0 Å². The third-order valence-corrected chi connectivity index (χ3v) is 2.83. The van der Waals surface area contributed by atoms with Gasteiger partial charge in [0.1, 0.15) is 0 Å². The van der Waals surface area contributed by atoms with Crippen molar-refractivity contribution >= 4 is 11.9 Å². The highest BCUT2D eigenvalue weighted by molar-refractivity contribution is 5.36. The van der Waals surface area contributed by atoms with Crippen molar-refractivity contribution in [1.29, 1.82) is 0 Å². The van der Waals surface area contributed by atoms with Crippen LogP contribution in [-0.2, 0) is 0 Å².